The summed E-state index contributed by atoms with van der Waals surface area (Å²) in [5.74, 6) is 0.0368. The highest BCUT2D eigenvalue weighted by Gasteiger charge is 2.26. The van der Waals surface area contributed by atoms with E-state index < -0.39 is 0 Å². The fraction of sp³-hybridized carbons (Fsp3) is 0.667. The van der Waals surface area contributed by atoms with Crippen molar-refractivity contribution in [3.63, 3.8) is 0 Å². The number of piperidine rings is 1. The quantitative estimate of drug-likeness (QED) is 0.776. The van der Waals surface area contributed by atoms with Crippen LogP contribution < -0.4 is 4.90 Å². The van der Waals surface area contributed by atoms with E-state index in [0.29, 0.717) is 6.61 Å². The van der Waals surface area contributed by atoms with Crippen LogP contribution >= 0.6 is 11.3 Å². The SMILES string of the molecule is CCOC(=O)C1CCN(c2nc(C)cs2)CC1. The number of hydrogen-bond acceptors (Lipinski definition) is 5. The molecule has 0 spiro atoms. The first kappa shape index (κ1) is 12.4. The largest absolute Gasteiger partial charge is 0.466 e. The molecule has 0 bridgehead atoms. The molecule has 0 amide bonds. The third-order valence-corrected chi connectivity index (χ3v) is 4.01. The van der Waals surface area contributed by atoms with Gasteiger partial charge in [0, 0.05) is 18.5 Å². The number of anilines is 1. The zero-order chi connectivity index (χ0) is 12.3. The minimum absolute atomic E-state index is 0.0394. The Bertz CT molecular complexity index is 384. The fourth-order valence-corrected chi connectivity index (χ4v) is 2.91. The van der Waals surface area contributed by atoms with Crippen LogP contribution in [-0.2, 0) is 9.53 Å². The van der Waals surface area contributed by atoms with Gasteiger partial charge < -0.3 is 9.64 Å². The molecular formula is C12H18N2O2S. The van der Waals surface area contributed by atoms with Crippen molar-refractivity contribution in [1.82, 2.24) is 4.98 Å². The summed E-state index contributed by atoms with van der Waals surface area (Å²) in [4.78, 5) is 18.3. The Balaban J connectivity index is 1.88. The van der Waals surface area contributed by atoms with E-state index in [9.17, 15) is 4.79 Å². The van der Waals surface area contributed by atoms with Gasteiger partial charge in [-0.1, -0.05) is 0 Å². The normalized spacial score (nSPS) is 17.2. The first-order valence-electron chi connectivity index (χ1n) is 6.04. The molecule has 0 aliphatic carbocycles. The predicted molar refractivity (Wildman–Crippen MR) is 68.4 cm³/mol. The van der Waals surface area contributed by atoms with E-state index >= 15 is 0 Å². The molecule has 0 atom stereocenters. The first-order valence-corrected chi connectivity index (χ1v) is 6.92. The minimum Gasteiger partial charge on any atom is -0.466 e. The molecule has 2 heterocycles. The second-order valence-electron chi connectivity index (χ2n) is 4.28. The van der Waals surface area contributed by atoms with E-state index in [4.69, 9.17) is 4.74 Å². The lowest BCUT2D eigenvalue weighted by Gasteiger charge is -2.30. The topological polar surface area (TPSA) is 42.4 Å². The van der Waals surface area contributed by atoms with Gasteiger partial charge in [-0.15, -0.1) is 11.3 Å². The van der Waals surface area contributed by atoms with E-state index in [2.05, 4.69) is 15.3 Å². The molecule has 0 radical (unpaired) electrons. The van der Waals surface area contributed by atoms with Gasteiger partial charge in [0.1, 0.15) is 0 Å². The molecule has 0 unspecified atom stereocenters. The Morgan fingerprint density at radius 3 is 2.82 bits per heavy atom. The van der Waals surface area contributed by atoms with Gasteiger partial charge in [-0.2, -0.15) is 0 Å². The lowest BCUT2D eigenvalue weighted by atomic mass is 9.97. The molecule has 4 nitrogen and oxygen atoms in total. The molecule has 1 aliphatic heterocycles. The molecule has 0 N–H and O–H groups in total. The number of hydrogen-bond donors (Lipinski definition) is 0. The van der Waals surface area contributed by atoms with Gasteiger partial charge in [-0.05, 0) is 26.7 Å². The molecular weight excluding hydrogens is 236 g/mol. The van der Waals surface area contributed by atoms with Crippen molar-refractivity contribution in [3.8, 4) is 0 Å². The maximum atomic E-state index is 11.6. The van der Waals surface area contributed by atoms with Crippen molar-refractivity contribution < 1.29 is 9.53 Å². The number of esters is 1. The molecule has 2 rings (SSSR count). The molecule has 5 heteroatoms. The van der Waals surface area contributed by atoms with Crippen molar-refractivity contribution in [2.24, 2.45) is 5.92 Å². The molecule has 1 fully saturated rings. The smallest absolute Gasteiger partial charge is 0.309 e. The van der Waals surface area contributed by atoms with Gasteiger partial charge in [0.2, 0.25) is 0 Å². The molecule has 0 saturated carbocycles. The van der Waals surface area contributed by atoms with E-state index in [-0.39, 0.29) is 11.9 Å². The Labute approximate surface area is 106 Å². The lowest BCUT2D eigenvalue weighted by Crippen LogP contribution is -2.36. The highest BCUT2D eigenvalue weighted by Crippen LogP contribution is 2.26. The third kappa shape index (κ3) is 2.97. The Kier molecular flexibility index (Phi) is 3.99. The number of carbonyl (C=O) groups is 1. The van der Waals surface area contributed by atoms with Crippen LogP contribution in [0.4, 0.5) is 5.13 Å². The number of rotatable bonds is 3. The summed E-state index contributed by atoms with van der Waals surface area (Å²) < 4.78 is 5.06. The number of thiazole rings is 1. The Hall–Kier alpha value is -1.10. The van der Waals surface area contributed by atoms with Crippen molar-refractivity contribution in [1.29, 1.82) is 0 Å². The van der Waals surface area contributed by atoms with Gasteiger partial charge in [-0.3, -0.25) is 4.79 Å². The van der Waals surface area contributed by atoms with Crippen LogP contribution in [-0.4, -0.2) is 30.6 Å². The van der Waals surface area contributed by atoms with Crippen LogP contribution in [0.1, 0.15) is 25.5 Å². The molecule has 17 heavy (non-hydrogen) atoms. The van der Waals surface area contributed by atoms with Crippen LogP contribution in [0, 0.1) is 12.8 Å². The summed E-state index contributed by atoms with van der Waals surface area (Å²) >= 11 is 1.67. The molecule has 94 valence electrons. The zero-order valence-corrected chi connectivity index (χ0v) is 11.1. The van der Waals surface area contributed by atoms with Crippen molar-refractivity contribution in [2.75, 3.05) is 24.6 Å². The van der Waals surface area contributed by atoms with Gasteiger partial charge in [0.25, 0.3) is 0 Å². The average Bonchev–Trinajstić information content (AvgIpc) is 2.76. The Morgan fingerprint density at radius 2 is 2.29 bits per heavy atom. The number of aromatic nitrogens is 1. The first-order chi connectivity index (χ1) is 8.20. The summed E-state index contributed by atoms with van der Waals surface area (Å²) in [7, 11) is 0. The van der Waals surface area contributed by atoms with Crippen molar-refractivity contribution in [3.05, 3.63) is 11.1 Å². The summed E-state index contributed by atoms with van der Waals surface area (Å²) in [6.45, 7) is 6.13. The maximum absolute atomic E-state index is 11.6. The van der Waals surface area contributed by atoms with Crippen LogP contribution in [0.2, 0.25) is 0 Å². The number of ether oxygens (including phenoxy) is 1. The van der Waals surface area contributed by atoms with E-state index in [1.165, 1.54) is 0 Å². The molecule has 0 aromatic carbocycles. The van der Waals surface area contributed by atoms with Crippen LogP contribution in [0.25, 0.3) is 0 Å². The van der Waals surface area contributed by atoms with Gasteiger partial charge in [-0.25, -0.2) is 4.98 Å². The average molecular weight is 254 g/mol. The fourth-order valence-electron chi connectivity index (χ4n) is 2.05. The van der Waals surface area contributed by atoms with Crippen LogP contribution in [0.15, 0.2) is 5.38 Å². The summed E-state index contributed by atoms with van der Waals surface area (Å²) in [6, 6.07) is 0. The summed E-state index contributed by atoms with van der Waals surface area (Å²) in [6.07, 6.45) is 1.74. The maximum Gasteiger partial charge on any atom is 0.309 e. The molecule has 1 aromatic rings. The number of carbonyl (C=O) groups excluding carboxylic acids is 1. The summed E-state index contributed by atoms with van der Waals surface area (Å²) in [5.41, 5.74) is 1.07. The van der Waals surface area contributed by atoms with Crippen molar-refractivity contribution >= 4 is 22.4 Å². The lowest BCUT2D eigenvalue weighted by molar-refractivity contribution is -0.148. The highest BCUT2D eigenvalue weighted by molar-refractivity contribution is 7.13. The standard InChI is InChI=1S/C12H18N2O2S/c1-3-16-11(15)10-4-6-14(7-5-10)12-13-9(2)8-17-12/h8,10H,3-7H2,1-2H3. The zero-order valence-electron chi connectivity index (χ0n) is 10.3. The molecule has 1 aliphatic rings. The third-order valence-electron chi connectivity index (χ3n) is 2.99. The van der Waals surface area contributed by atoms with E-state index in [0.717, 1.165) is 36.8 Å². The molecule has 1 saturated heterocycles. The predicted octanol–water partition coefficient (Wildman–Crippen LogP) is 2.23. The minimum atomic E-state index is -0.0394. The van der Waals surface area contributed by atoms with Crippen molar-refractivity contribution in [2.45, 2.75) is 26.7 Å². The monoisotopic (exact) mass is 254 g/mol. The van der Waals surface area contributed by atoms with Crippen LogP contribution in [0.5, 0.6) is 0 Å². The molecule has 1 aromatic heterocycles. The van der Waals surface area contributed by atoms with E-state index in [1.54, 1.807) is 11.3 Å². The number of nitrogens with zero attached hydrogens (tertiary/aromatic N) is 2. The summed E-state index contributed by atoms with van der Waals surface area (Å²) in [5, 5.41) is 3.14. The van der Waals surface area contributed by atoms with Gasteiger partial charge >= 0.3 is 5.97 Å². The van der Waals surface area contributed by atoms with E-state index in [1.807, 2.05) is 13.8 Å². The van der Waals surface area contributed by atoms with Gasteiger partial charge in [0.05, 0.1) is 18.2 Å². The highest BCUT2D eigenvalue weighted by atomic mass is 32.1. The van der Waals surface area contributed by atoms with Gasteiger partial charge in [0.15, 0.2) is 5.13 Å². The second-order valence-corrected chi connectivity index (χ2v) is 5.12. The number of aryl methyl sites for hydroxylation is 1. The Morgan fingerprint density at radius 1 is 1.59 bits per heavy atom. The second kappa shape index (κ2) is 5.49. The van der Waals surface area contributed by atoms with Crippen LogP contribution in [0.3, 0.4) is 0 Å².